The van der Waals surface area contributed by atoms with Crippen LogP contribution < -0.4 is 5.32 Å². The highest BCUT2D eigenvalue weighted by atomic mass is 35.5. The van der Waals surface area contributed by atoms with Gasteiger partial charge in [-0.2, -0.15) is 5.10 Å². The lowest BCUT2D eigenvalue weighted by Crippen LogP contribution is -2.41. The van der Waals surface area contributed by atoms with Crippen molar-refractivity contribution in [1.82, 2.24) is 20.0 Å². The first-order valence-electron chi connectivity index (χ1n) is 9.12. The number of nitrogens with one attached hydrogen (secondary N) is 1. The van der Waals surface area contributed by atoms with E-state index in [-0.39, 0.29) is 24.4 Å². The lowest BCUT2D eigenvalue weighted by Gasteiger charge is -2.24. The van der Waals surface area contributed by atoms with Crippen LogP contribution in [0.2, 0.25) is 0 Å². The maximum atomic E-state index is 13.7. The summed E-state index contributed by atoms with van der Waals surface area (Å²) in [6, 6.07) is 3.91. The number of amides is 1. The molecule has 0 bridgehead atoms. The summed E-state index contributed by atoms with van der Waals surface area (Å²) in [7, 11) is 1.89. The summed E-state index contributed by atoms with van der Waals surface area (Å²) in [5.41, 5.74) is 2.80. The Morgan fingerprint density at radius 2 is 2.07 bits per heavy atom. The van der Waals surface area contributed by atoms with E-state index in [1.165, 1.54) is 6.07 Å². The molecule has 1 amide bonds. The molecule has 8 heteroatoms. The minimum absolute atomic E-state index is 0. The number of carbonyl (C=O) groups excluding carboxylic acids is 1. The van der Waals surface area contributed by atoms with Crippen molar-refractivity contribution >= 4 is 18.3 Å². The van der Waals surface area contributed by atoms with Crippen molar-refractivity contribution in [2.24, 2.45) is 0 Å². The Morgan fingerprint density at radius 1 is 1.26 bits per heavy atom. The molecule has 1 aromatic heterocycles. The first-order chi connectivity index (χ1) is 12.6. The summed E-state index contributed by atoms with van der Waals surface area (Å²) in [5, 5.41) is 7.67. The second-order valence-corrected chi connectivity index (χ2v) is 6.99. The van der Waals surface area contributed by atoms with E-state index in [4.69, 9.17) is 0 Å². The second kappa shape index (κ2) is 7.94. The fraction of sp³-hybridized carbons (Fsp3) is 0.474. The van der Waals surface area contributed by atoms with Gasteiger partial charge in [-0.3, -0.25) is 4.79 Å². The number of likely N-dealkylation sites (tertiary alicyclic amines) is 1. The Labute approximate surface area is 163 Å². The molecule has 1 aliphatic heterocycles. The van der Waals surface area contributed by atoms with Gasteiger partial charge in [-0.15, -0.1) is 12.4 Å². The highest BCUT2D eigenvalue weighted by Gasteiger charge is 2.34. The van der Waals surface area contributed by atoms with Crippen LogP contribution in [0.3, 0.4) is 0 Å². The monoisotopic (exact) mass is 396 g/mol. The van der Waals surface area contributed by atoms with Crippen LogP contribution in [-0.2, 0) is 12.8 Å². The molecule has 1 N–H and O–H groups in total. The summed E-state index contributed by atoms with van der Waals surface area (Å²) >= 11 is 0. The van der Waals surface area contributed by atoms with Gasteiger partial charge in [0, 0.05) is 36.5 Å². The maximum Gasteiger partial charge on any atom is 0.274 e. The molecule has 0 spiro atoms. The molecule has 27 heavy (non-hydrogen) atoms. The Balaban J connectivity index is 0.00000210. The predicted molar refractivity (Wildman–Crippen MR) is 101 cm³/mol. The van der Waals surface area contributed by atoms with Crippen molar-refractivity contribution in [1.29, 1.82) is 0 Å². The third kappa shape index (κ3) is 3.46. The fourth-order valence-electron chi connectivity index (χ4n) is 4.13. The van der Waals surface area contributed by atoms with E-state index in [0.29, 0.717) is 11.4 Å². The van der Waals surface area contributed by atoms with Gasteiger partial charge in [0.25, 0.3) is 5.91 Å². The largest absolute Gasteiger partial charge is 0.333 e. The molecule has 146 valence electrons. The Hall–Kier alpha value is -1.99. The van der Waals surface area contributed by atoms with Gasteiger partial charge in [-0.05, 0) is 51.3 Å². The van der Waals surface area contributed by atoms with Gasteiger partial charge in [-0.25, -0.2) is 13.5 Å². The topological polar surface area (TPSA) is 50.2 Å². The van der Waals surface area contributed by atoms with Gasteiger partial charge < -0.3 is 10.2 Å². The third-order valence-corrected chi connectivity index (χ3v) is 5.36. The molecular formula is C19H23ClF2N4O. The molecule has 1 aliphatic carbocycles. The van der Waals surface area contributed by atoms with Crippen LogP contribution in [0.5, 0.6) is 0 Å². The lowest BCUT2D eigenvalue weighted by atomic mass is 10.1. The van der Waals surface area contributed by atoms with Gasteiger partial charge in [0.2, 0.25) is 0 Å². The average molecular weight is 397 g/mol. The summed E-state index contributed by atoms with van der Waals surface area (Å²) in [6.45, 7) is 1.50. The molecule has 4 rings (SSSR count). The summed E-state index contributed by atoms with van der Waals surface area (Å²) in [4.78, 5) is 15.0. The summed E-state index contributed by atoms with van der Waals surface area (Å²) in [6.07, 6.45) is 4.50. The van der Waals surface area contributed by atoms with Crippen molar-refractivity contribution in [3.8, 4) is 5.69 Å². The normalized spacial score (nSPS) is 18.5. The Kier molecular flexibility index (Phi) is 5.81. The van der Waals surface area contributed by atoms with E-state index in [1.54, 1.807) is 4.68 Å². The molecule has 2 aliphatic rings. The van der Waals surface area contributed by atoms with E-state index in [9.17, 15) is 13.6 Å². The Morgan fingerprint density at radius 3 is 2.81 bits per heavy atom. The van der Waals surface area contributed by atoms with Gasteiger partial charge >= 0.3 is 0 Å². The molecule has 1 unspecified atom stereocenters. The SMILES string of the molecule is CNCC1CCCN1C(=O)c1nn(-c2ccc(F)c(F)c2)c2c1CCC2.Cl. The van der Waals surface area contributed by atoms with Crippen molar-refractivity contribution in [3.63, 3.8) is 0 Å². The fourth-order valence-corrected chi connectivity index (χ4v) is 4.13. The number of fused-ring (bicyclic) bond motifs is 1. The molecule has 2 heterocycles. The molecule has 1 saturated heterocycles. The van der Waals surface area contributed by atoms with Crippen molar-refractivity contribution in [2.45, 2.75) is 38.1 Å². The summed E-state index contributed by atoms with van der Waals surface area (Å²) < 4.78 is 28.5. The molecule has 2 aromatic rings. The lowest BCUT2D eigenvalue weighted by molar-refractivity contribution is 0.0729. The molecular weight excluding hydrogens is 374 g/mol. The highest BCUT2D eigenvalue weighted by molar-refractivity contribution is 5.94. The van der Waals surface area contributed by atoms with Crippen LogP contribution in [-0.4, -0.2) is 46.8 Å². The van der Waals surface area contributed by atoms with Gasteiger partial charge in [0.15, 0.2) is 17.3 Å². The zero-order valence-electron chi connectivity index (χ0n) is 15.2. The molecule has 1 atom stereocenters. The number of aromatic nitrogens is 2. The van der Waals surface area contributed by atoms with Crippen LogP contribution in [0.1, 0.15) is 41.0 Å². The number of benzene rings is 1. The zero-order chi connectivity index (χ0) is 18.3. The smallest absolute Gasteiger partial charge is 0.274 e. The van der Waals surface area contributed by atoms with E-state index in [1.807, 2.05) is 11.9 Å². The number of halogens is 3. The van der Waals surface area contributed by atoms with E-state index < -0.39 is 11.6 Å². The predicted octanol–water partition coefficient (Wildman–Crippen LogP) is 2.89. The second-order valence-electron chi connectivity index (χ2n) is 6.99. The molecule has 0 radical (unpaired) electrons. The minimum Gasteiger partial charge on any atom is -0.333 e. The number of hydrogen-bond donors (Lipinski definition) is 1. The summed E-state index contributed by atoms with van der Waals surface area (Å²) in [5.74, 6) is -1.85. The molecule has 5 nitrogen and oxygen atoms in total. The number of likely N-dealkylation sites (N-methyl/N-ethyl adjacent to an activating group) is 1. The third-order valence-electron chi connectivity index (χ3n) is 5.36. The van der Waals surface area contributed by atoms with Crippen molar-refractivity contribution < 1.29 is 13.6 Å². The molecule has 1 fully saturated rings. The molecule has 1 aromatic carbocycles. The van der Waals surface area contributed by atoms with Crippen LogP contribution in [0.25, 0.3) is 5.69 Å². The van der Waals surface area contributed by atoms with Gasteiger partial charge in [0.1, 0.15) is 0 Å². The van der Waals surface area contributed by atoms with Crippen LogP contribution in [0.4, 0.5) is 8.78 Å². The Bertz CT molecular complexity index is 854. The average Bonchev–Trinajstić information content (AvgIpc) is 3.33. The van der Waals surface area contributed by atoms with Crippen molar-refractivity contribution in [3.05, 3.63) is 46.8 Å². The quantitative estimate of drug-likeness (QED) is 0.864. The highest BCUT2D eigenvalue weighted by Crippen LogP contribution is 2.30. The zero-order valence-corrected chi connectivity index (χ0v) is 16.0. The van der Waals surface area contributed by atoms with Crippen molar-refractivity contribution in [2.75, 3.05) is 20.1 Å². The number of carbonyl (C=O) groups is 1. The van der Waals surface area contributed by atoms with Crippen LogP contribution in [0, 0.1) is 11.6 Å². The van der Waals surface area contributed by atoms with Crippen LogP contribution >= 0.6 is 12.4 Å². The minimum atomic E-state index is -0.911. The van der Waals surface area contributed by atoms with E-state index in [2.05, 4.69) is 10.4 Å². The molecule has 0 saturated carbocycles. The first kappa shape index (κ1) is 19.8. The maximum absolute atomic E-state index is 13.7. The first-order valence-corrected chi connectivity index (χ1v) is 9.12. The van der Waals surface area contributed by atoms with E-state index >= 15 is 0 Å². The van der Waals surface area contributed by atoms with Gasteiger partial charge in [0.05, 0.1) is 5.69 Å². The number of nitrogens with zero attached hydrogens (tertiary/aromatic N) is 3. The number of rotatable bonds is 4. The standard InChI is InChI=1S/C19H22F2N4O.ClH/c1-22-11-13-4-3-9-24(13)19(26)18-14-5-2-6-17(14)25(23-18)12-7-8-15(20)16(21)10-12;/h7-8,10,13,22H,2-6,9,11H2,1H3;1H. The van der Waals surface area contributed by atoms with E-state index in [0.717, 1.165) is 68.6 Å². The number of hydrogen-bond acceptors (Lipinski definition) is 3. The van der Waals surface area contributed by atoms with Gasteiger partial charge in [-0.1, -0.05) is 0 Å². The van der Waals surface area contributed by atoms with Crippen LogP contribution in [0.15, 0.2) is 18.2 Å².